The Morgan fingerprint density at radius 1 is 1.35 bits per heavy atom. The smallest absolute Gasteiger partial charge is 0.304 e. The summed E-state index contributed by atoms with van der Waals surface area (Å²) in [6, 6.07) is 5.42. The quantitative estimate of drug-likeness (QED) is 0.796. The van der Waals surface area contributed by atoms with Crippen LogP contribution in [-0.2, 0) is 11.2 Å². The maximum Gasteiger partial charge on any atom is 0.304 e. The van der Waals surface area contributed by atoms with Crippen molar-refractivity contribution in [2.24, 2.45) is 0 Å². The van der Waals surface area contributed by atoms with Crippen LogP contribution in [-0.4, -0.2) is 30.7 Å². The highest BCUT2D eigenvalue weighted by Crippen LogP contribution is 2.28. The first-order chi connectivity index (χ1) is 8.06. The Balaban J connectivity index is 2.75. The van der Waals surface area contributed by atoms with E-state index < -0.39 is 11.3 Å². The third kappa shape index (κ3) is 4.15. The molecule has 0 amide bonds. The van der Waals surface area contributed by atoms with Crippen LogP contribution in [0.5, 0.6) is 11.5 Å². The van der Waals surface area contributed by atoms with Crippen molar-refractivity contribution in [3.8, 4) is 11.5 Å². The molecule has 17 heavy (non-hydrogen) atoms. The van der Waals surface area contributed by atoms with Gasteiger partial charge in [-0.1, -0.05) is 6.07 Å². The number of carboxylic acids is 1. The van der Waals surface area contributed by atoms with Crippen molar-refractivity contribution in [2.45, 2.75) is 18.2 Å². The highest BCUT2D eigenvalue weighted by Gasteiger charge is 2.12. The second kappa shape index (κ2) is 6.35. The first kappa shape index (κ1) is 13.6. The van der Waals surface area contributed by atoms with Crippen LogP contribution >= 0.6 is 11.6 Å². The van der Waals surface area contributed by atoms with Gasteiger partial charge in [-0.3, -0.25) is 4.79 Å². The lowest BCUT2D eigenvalue weighted by Gasteiger charge is -2.11. The molecule has 1 atom stereocenters. The van der Waals surface area contributed by atoms with E-state index >= 15 is 0 Å². The second-order valence-electron chi connectivity index (χ2n) is 3.59. The van der Waals surface area contributed by atoms with Crippen LogP contribution in [0.3, 0.4) is 0 Å². The van der Waals surface area contributed by atoms with E-state index in [-0.39, 0.29) is 6.42 Å². The maximum absolute atomic E-state index is 10.5. The fourth-order valence-corrected chi connectivity index (χ4v) is 1.84. The van der Waals surface area contributed by atoms with E-state index in [1.807, 2.05) is 6.07 Å². The Bertz CT molecular complexity index is 392. The summed E-state index contributed by atoms with van der Waals surface area (Å²) in [7, 11) is 3.11. The van der Waals surface area contributed by atoms with E-state index in [0.717, 1.165) is 5.56 Å². The van der Waals surface area contributed by atoms with Crippen molar-refractivity contribution in [3.63, 3.8) is 0 Å². The van der Waals surface area contributed by atoms with Gasteiger partial charge in [-0.15, -0.1) is 11.6 Å². The Morgan fingerprint density at radius 2 is 2.00 bits per heavy atom. The molecule has 1 rings (SSSR count). The highest BCUT2D eigenvalue weighted by molar-refractivity contribution is 6.21. The third-order valence-electron chi connectivity index (χ3n) is 2.30. The summed E-state index contributed by atoms with van der Waals surface area (Å²) < 4.78 is 10.3. The molecule has 0 bridgehead atoms. The van der Waals surface area contributed by atoms with Gasteiger partial charge in [-0.05, 0) is 24.1 Å². The van der Waals surface area contributed by atoms with Gasteiger partial charge < -0.3 is 14.6 Å². The molecule has 4 nitrogen and oxygen atoms in total. The first-order valence-corrected chi connectivity index (χ1v) is 5.57. The molecule has 94 valence electrons. The lowest BCUT2D eigenvalue weighted by molar-refractivity contribution is -0.137. The van der Waals surface area contributed by atoms with Crippen molar-refractivity contribution in [1.82, 2.24) is 0 Å². The number of carboxylic acid groups (broad SMARTS) is 1. The molecule has 0 aliphatic carbocycles. The van der Waals surface area contributed by atoms with E-state index in [0.29, 0.717) is 17.9 Å². The average Bonchev–Trinajstić information content (AvgIpc) is 2.27. The van der Waals surface area contributed by atoms with Gasteiger partial charge in [0.25, 0.3) is 0 Å². The number of hydrogen-bond acceptors (Lipinski definition) is 3. The molecule has 0 saturated heterocycles. The van der Waals surface area contributed by atoms with Crippen molar-refractivity contribution in [1.29, 1.82) is 0 Å². The molecule has 0 heterocycles. The summed E-state index contributed by atoms with van der Waals surface area (Å²) in [5.41, 5.74) is 0.920. The predicted molar refractivity (Wildman–Crippen MR) is 65.1 cm³/mol. The van der Waals surface area contributed by atoms with Gasteiger partial charge in [-0.2, -0.15) is 0 Å². The Hall–Kier alpha value is -1.42. The minimum Gasteiger partial charge on any atom is -0.493 e. The molecular formula is C12H15ClO4. The zero-order valence-electron chi connectivity index (χ0n) is 9.77. The van der Waals surface area contributed by atoms with Gasteiger partial charge >= 0.3 is 5.97 Å². The summed E-state index contributed by atoms with van der Waals surface area (Å²) in [6.45, 7) is 0. The number of hydrogen-bond donors (Lipinski definition) is 1. The fourth-order valence-electron chi connectivity index (χ4n) is 1.53. The summed E-state index contributed by atoms with van der Waals surface area (Å²) in [5, 5.41) is 8.19. The van der Waals surface area contributed by atoms with Crippen molar-refractivity contribution in [2.75, 3.05) is 14.2 Å². The van der Waals surface area contributed by atoms with Crippen molar-refractivity contribution >= 4 is 17.6 Å². The molecule has 1 aromatic rings. The van der Waals surface area contributed by atoms with Crippen molar-refractivity contribution < 1.29 is 19.4 Å². The lowest BCUT2D eigenvalue weighted by atomic mass is 10.1. The summed E-state index contributed by atoms with van der Waals surface area (Å²) >= 11 is 5.93. The predicted octanol–water partition coefficient (Wildman–Crippen LogP) is 2.33. The van der Waals surface area contributed by atoms with Crippen LogP contribution in [0.15, 0.2) is 18.2 Å². The maximum atomic E-state index is 10.5. The topological polar surface area (TPSA) is 55.8 Å². The number of alkyl halides is 1. The third-order valence-corrected chi connectivity index (χ3v) is 2.61. The number of rotatable bonds is 6. The Morgan fingerprint density at radius 3 is 2.53 bits per heavy atom. The number of carbonyl (C=O) groups is 1. The minimum absolute atomic E-state index is 0.0596. The monoisotopic (exact) mass is 258 g/mol. The van der Waals surface area contributed by atoms with Crippen LogP contribution in [0, 0.1) is 0 Å². The standard InChI is InChI=1S/C12H15ClO4/c1-16-10-4-3-8(6-11(10)17-2)5-9(13)7-12(14)15/h3-4,6,9H,5,7H2,1-2H3,(H,14,15). The van der Waals surface area contributed by atoms with Crippen molar-refractivity contribution in [3.05, 3.63) is 23.8 Å². The first-order valence-electron chi connectivity index (χ1n) is 5.13. The molecular weight excluding hydrogens is 244 g/mol. The summed E-state index contributed by atoms with van der Waals surface area (Å²) in [6.07, 6.45) is 0.421. The number of aliphatic carboxylic acids is 1. The molecule has 0 aromatic heterocycles. The van der Waals surface area contributed by atoms with Crippen LogP contribution in [0.2, 0.25) is 0 Å². The number of ether oxygens (including phenoxy) is 2. The molecule has 0 aliphatic rings. The normalized spacial score (nSPS) is 11.9. The van der Waals surface area contributed by atoms with Gasteiger partial charge in [0, 0.05) is 5.38 Å². The largest absolute Gasteiger partial charge is 0.493 e. The van der Waals surface area contributed by atoms with Crippen LogP contribution in [0.1, 0.15) is 12.0 Å². The SMILES string of the molecule is COc1ccc(CC(Cl)CC(=O)O)cc1OC. The number of benzene rings is 1. The fraction of sp³-hybridized carbons (Fsp3) is 0.417. The van der Waals surface area contributed by atoms with Crippen LogP contribution in [0.4, 0.5) is 0 Å². The molecule has 1 N–H and O–H groups in total. The highest BCUT2D eigenvalue weighted by atomic mass is 35.5. The lowest BCUT2D eigenvalue weighted by Crippen LogP contribution is -2.10. The zero-order valence-corrected chi connectivity index (χ0v) is 10.5. The number of halogens is 1. The Kier molecular flexibility index (Phi) is 5.10. The number of methoxy groups -OCH3 is 2. The van der Waals surface area contributed by atoms with E-state index in [2.05, 4.69) is 0 Å². The molecule has 1 unspecified atom stereocenters. The van der Waals surface area contributed by atoms with E-state index in [1.165, 1.54) is 0 Å². The van der Waals surface area contributed by atoms with Gasteiger partial charge in [0.1, 0.15) is 0 Å². The van der Waals surface area contributed by atoms with Crippen LogP contribution < -0.4 is 9.47 Å². The molecule has 0 spiro atoms. The summed E-state index contributed by atoms with van der Waals surface area (Å²) in [5.74, 6) is 0.357. The molecule has 5 heteroatoms. The van der Waals surface area contributed by atoms with Crippen LogP contribution in [0.25, 0.3) is 0 Å². The molecule has 0 aliphatic heterocycles. The van der Waals surface area contributed by atoms with E-state index in [9.17, 15) is 4.79 Å². The van der Waals surface area contributed by atoms with Gasteiger partial charge in [0.15, 0.2) is 11.5 Å². The zero-order chi connectivity index (χ0) is 12.8. The van der Waals surface area contributed by atoms with E-state index in [1.54, 1.807) is 26.4 Å². The average molecular weight is 259 g/mol. The molecule has 0 fully saturated rings. The van der Waals surface area contributed by atoms with Gasteiger partial charge in [0.2, 0.25) is 0 Å². The molecule has 0 saturated carbocycles. The van der Waals surface area contributed by atoms with Gasteiger partial charge in [0.05, 0.1) is 20.6 Å². The van der Waals surface area contributed by atoms with E-state index in [4.69, 9.17) is 26.2 Å². The molecule has 1 aromatic carbocycles. The Labute approximate surface area is 105 Å². The second-order valence-corrected chi connectivity index (χ2v) is 4.21. The van der Waals surface area contributed by atoms with Gasteiger partial charge in [-0.25, -0.2) is 0 Å². The summed E-state index contributed by atoms with van der Waals surface area (Å²) in [4.78, 5) is 10.5. The minimum atomic E-state index is -0.898. The molecule has 0 radical (unpaired) electrons.